The molecule has 0 saturated carbocycles. The van der Waals surface area contributed by atoms with Crippen LogP contribution in [0.3, 0.4) is 0 Å². The van der Waals surface area contributed by atoms with E-state index in [1.54, 1.807) is 23.8 Å². The molecule has 8 nitrogen and oxygen atoms in total. The maximum atomic E-state index is 13.5. The minimum absolute atomic E-state index is 0.0922. The summed E-state index contributed by atoms with van der Waals surface area (Å²) in [7, 11) is 0. The Morgan fingerprint density at radius 3 is 2.45 bits per heavy atom. The minimum atomic E-state index is -1.87. The second kappa shape index (κ2) is 9.86. The van der Waals surface area contributed by atoms with Gasteiger partial charge in [-0.25, -0.2) is 9.78 Å². The smallest absolute Gasteiger partial charge is 0.343 e. The number of nitrogens with zero attached hydrogens (tertiary/aromatic N) is 3. The van der Waals surface area contributed by atoms with E-state index in [0.29, 0.717) is 41.2 Å². The molecule has 1 N–H and O–H groups in total. The molecule has 8 heteroatoms. The number of rotatable bonds is 5. The van der Waals surface area contributed by atoms with Gasteiger partial charge in [0.1, 0.15) is 13.2 Å². The molecule has 0 radical (unpaired) electrons. The van der Waals surface area contributed by atoms with Crippen LogP contribution in [-0.4, -0.2) is 26.8 Å². The molecular weight excluding hydrogens is 554 g/mol. The molecule has 0 saturated heterocycles. The Labute approximate surface area is 251 Å². The van der Waals surface area contributed by atoms with Gasteiger partial charge in [0.25, 0.3) is 5.56 Å². The van der Waals surface area contributed by atoms with Gasteiger partial charge in [0.2, 0.25) is 0 Å². The third-order valence-electron chi connectivity index (χ3n) is 8.93. The number of pyridine rings is 2. The van der Waals surface area contributed by atoms with Crippen molar-refractivity contribution in [2.75, 3.05) is 0 Å². The second-order valence-electron chi connectivity index (χ2n) is 11.3. The van der Waals surface area contributed by atoms with Crippen molar-refractivity contribution >= 4 is 44.6 Å². The number of para-hydroxylation sites is 1. The van der Waals surface area contributed by atoms with Crippen LogP contribution < -0.4 is 5.56 Å². The first-order valence-corrected chi connectivity index (χ1v) is 14.6. The molecule has 2 aromatic heterocycles. The summed E-state index contributed by atoms with van der Waals surface area (Å²) < 4.78 is 6.82. The largest absolute Gasteiger partial charge is 0.458 e. The number of benzene rings is 4. The number of esters is 1. The lowest BCUT2D eigenvalue weighted by atomic mass is 9.86. The number of carbonyl (C=O) groups excluding carboxylic acids is 1. The van der Waals surface area contributed by atoms with Gasteiger partial charge in [-0.15, -0.1) is 0 Å². The SMILES string of the molecule is CC[C@@]1(O)C(=O)OCc2c1cc1n(c2=O)Cc2cc3cccc(/C=N/OCc4c5ccccc5cc5ccccc45)c3nc2-1. The molecule has 6 aromatic rings. The lowest BCUT2D eigenvalue weighted by molar-refractivity contribution is -0.172. The molecule has 0 aliphatic carbocycles. The summed E-state index contributed by atoms with van der Waals surface area (Å²) in [5.41, 5.74) is 3.09. The number of ether oxygens (including phenoxy) is 1. The van der Waals surface area contributed by atoms with E-state index in [2.05, 4.69) is 35.5 Å². The molecule has 1 atom stereocenters. The lowest BCUT2D eigenvalue weighted by Gasteiger charge is -2.31. The van der Waals surface area contributed by atoms with Crippen molar-refractivity contribution in [3.05, 3.63) is 123 Å². The average Bonchev–Trinajstić information content (AvgIpc) is 3.41. The molecule has 216 valence electrons. The molecule has 0 bridgehead atoms. The summed E-state index contributed by atoms with van der Waals surface area (Å²) in [5.74, 6) is -0.739. The number of aromatic nitrogens is 2. The summed E-state index contributed by atoms with van der Waals surface area (Å²) in [6, 6.07) is 28.3. The zero-order chi connectivity index (χ0) is 30.0. The summed E-state index contributed by atoms with van der Waals surface area (Å²) in [6.45, 7) is 2.18. The Hall–Kier alpha value is -5.34. The van der Waals surface area contributed by atoms with Crippen LogP contribution in [0.25, 0.3) is 43.8 Å². The number of fused-ring (bicyclic) bond motifs is 7. The minimum Gasteiger partial charge on any atom is -0.458 e. The summed E-state index contributed by atoms with van der Waals surface area (Å²) in [4.78, 5) is 36.9. The maximum Gasteiger partial charge on any atom is 0.343 e. The standard InChI is InChI=1S/C36H27N3O5/c1-2-36(42)30-16-31-33-25(18-39(31)34(40)29(30)19-43-35(36)41)15-23-10-7-11-24(32(23)38-33)17-37-44-20-28-26-12-5-3-8-21(26)14-22-9-4-6-13-27(22)28/h3-17,42H,2,18-20H2,1H3/b37-17+/t36-/m0/s1. The third kappa shape index (κ3) is 3.88. The molecule has 8 rings (SSSR count). The third-order valence-corrected chi connectivity index (χ3v) is 8.93. The number of oxime groups is 1. The van der Waals surface area contributed by atoms with Crippen molar-refractivity contribution in [1.82, 2.24) is 9.55 Å². The summed E-state index contributed by atoms with van der Waals surface area (Å²) >= 11 is 0. The van der Waals surface area contributed by atoms with Gasteiger partial charge in [-0.05, 0) is 46.2 Å². The molecule has 4 aromatic carbocycles. The Morgan fingerprint density at radius 2 is 1.70 bits per heavy atom. The maximum absolute atomic E-state index is 13.5. The first kappa shape index (κ1) is 26.3. The Bertz CT molecular complexity index is 2220. The second-order valence-corrected chi connectivity index (χ2v) is 11.3. The number of hydrogen-bond acceptors (Lipinski definition) is 7. The van der Waals surface area contributed by atoms with E-state index >= 15 is 0 Å². The first-order valence-electron chi connectivity index (χ1n) is 14.6. The molecule has 44 heavy (non-hydrogen) atoms. The van der Waals surface area contributed by atoms with Gasteiger partial charge in [0.05, 0.1) is 35.2 Å². The molecule has 0 spiro atoms. The summed E-state index contributed by atoms with van der Waals surface area (Å²) in [6.07, 6.45) is 1.75. The van der Waals surface area contributed by atoms with E-state index < -0.39 is 11.6 Å². The fourth-order valence-electron chi connectivity index (χ4n) is 6.59. The molecule has 0 amide bonds. The van der Waals surface area contributed by atoms with Crippen LogP contribution in [0, 0.1) is 0 Å². The van der Waals surface area contributed by atoms with Gasteiger partial charge in [0, 0.05) is 27.6 Å². The Kier molecular flexibility index (Phi) is 5.89. The highest BCUT2D eigenvalue weighted by molar-refractivity contribution is 6.02. The first-order chi connectivity index (χ1) is 21.5. The molecule has 0 fully saturated rings. The monoisotopic (exact) mass is 581 g/mol. The normalized spacial score (nSPS) is 17.2. The fraction of sp³-hybridized carbons (Fsp3) is 0.167. The van der Waals surface area contributed by atoms with E-state index in [1.165, 1.54) is 0 Å². The van der Waals surface area contributed by atoms with Gasteiger partial charge in [-0.3, -0.25) is 4.79 Å². The van der Waals surface area contributed by atoms with E-state index in [9.17, 15) is 14.7 Å². The van der Waals surface area contributed by atoms with Crippen LogP contribution in [0.4, 0.5) is 0 Å². The van der Waals surface area contributed by atoms with Crippen molar-refractivity contribution in [2.45, 2.75) is 38.7 Å². The number of carbonyl (C=O) groups is 1. The van der Waals surface area contributed by atoms with Crippen LogP contribution in [-0.2, 0) is 39.7 Å². The Morgan fingerprint density at radius 1 is 0.977 bits per heavy atom. The number of hydrogen-bond donors (Lipinski definition) is 1. The molecule has 2 aliphatic heterocycles. The zero-order valence-electron chi connectivity index (χ0n) is 23.9. The fourth-order valence-corrected chi connectivity index (χ4v) is 6.59. The van der Waals surface area contributed by atoms with E-state index in [-0.39, 0.29) is 18.6 Å². The molecule has 2 aliphatic rings. The van der Waals surface area contributed by atoms with Crippen molar-refractivity contribution in [3.63, 3.8) is 0 Å². The van der Waals surface area contributed by atoms with Gasteiger partial charge < -0.3 is 19.2 Å². The van der Waals surface area contributed by atoms with E-state index in [1.807, 2.05) is 48.5 Å². The van der Waals surface area contributed by atoms with Gasteiger partial charge >= 0.3 is 5.97 Å². The van der Waals surface area contributed by atoms with Gasteiger partial charge in [-0.2, -0.15) is 0 Å². The number of cyclic esters (lactones) is 1. The van der Waals surface area contributed by atoms with Crippen molar-refractivity contribution in [3.8, 4) is 11.4 Å². The average molecular weight is 582 g/mol. The molecule has 4 heterocycles. The van der Waals surface area contributed by atoms with Crippen LogP contribution in [0.5, 0.6) is 0 Å². The molecule has 0 unspecified atom stereocenters. The zero-order valence-corrected chi connectivity index (χ0v) is 23.9. The van der Waals surface area contributed by atoms with Crippen molar-refractivity contribution in [1.29, 1.82) is 0 Å². The predicted octanol–water partition coefficient (Wildman–Crippen LogP) is 5.94. The highest BCUT2D eigenvalue weighted by atomic mass is 16.6. The van der Waals surface area contributed by atoms with Crippen molar-refractivity contribution in [2.24, 2.45) is 5.16 Å². The lowest BCUT2D eigenvalue weighted by Crippen LogP contribution is -2.44. The highest BCUT2D eigenvalue weighted by Gasteiger charge is 2.45. The topological polar surface area (TPSA) is 103 Å². The van der Waals surface area contributed by atoms with Gasteiger partial charge in [-0.1, -0.05) is 78.8 Å². The van der Waals surface area contributed by atoms with Crippen LogP contribution >= 0.6 is 0 Å². The number of aliphatic hydroxyl groups is 1. The van der Waals surface area contributed by atoms with Gasteiger partial charge in [0.15, 0.2) is 5.60 Å². The quantitative estimate of drug-likeness (QED) is 0.117. The van der Waals surface area contributed by atoms with E-state index in [4.69, 9.17) is 14.6 Å². The molecular formula is C36H27N3O5. The predicted molar refractivity (Wildman–Crippen MR) is 168 cm³/mol. The Balaban J connectivity index is 1.16. The van der Waals surface area contributed by atoms with E-state index in [0.717, 1.165) is 43.6 Å². The van der Waals surface area contributed by atoms with Crippen LogP contribution in [0.1, 0.15) is 41.2 Å². The highest BCUT2D eigenvalue weighted by Crippen LogP contribution is 2.39. The summed E-state index contributed by atoms with van der Waals surface area (Å²) in [5, 5.41) is 21.0. The van der Waals surface area contributed by atoms with Crippen LogP contribution in [0.15, 0.2) is 94.9 Å². The van der Waals surface area contributed by atoms with Crippen LogP contribution in [0.2, 0.25) is 0 Å². The van der Waals surface area contributed by atoms with Crippen molar-refractivity contribution < 1.29 is 19.5 Å².